The van der Waals surface area contributed by atoms with Gasteiger partial charge in [-0.15, -0.1) is 0 Å². The molecule has 0 amide bonds. The molecule has 0 aliphatic carbocycles. The summed E-state index contributed by atoms with van der Waals surface area (Å²) >= 11 is 6.00. The predicted molar refractivity (Wildman–Crippen MR) is 120 cm³/mol. The van der Waals surface area contributed by atoms with Crippen molar-refractivity contribution in [3.05, 3.63) is 72.0 Å². The zero-order valence-corrected chi connectivity index (χ0v) is 17.8. The van der Waals surface area contributed by atoms with E-state index < -0.39 is 5.95 Å². The monoisotopic (exact) mass is 426 g/mol. The van der Waals surface area contributed by atoms with E-state index in [1.807, 2.05) is 43.3 Å². The van der Waals surface area contributed by atoms with Crippen LogP contribution in [0, 0.1) is 5.95 Å². The Morgan fingerprint density at radius 2 is 1.20 bits per heavy atom. The minimum atomic E-state index is -0.450. The highest BCUT2D eigenvalue weighted by molar-refractivity contribution is 6.34. The number of fused-ring (bicyclic) bond motifs is 2. The van der Waals surface area contributed by atoms with Crippen LogP contribution in [0.25, 0.3) is 21.5 Å². The Morgan fingerprint density at radius 3 is 1.77 bits per heavy atom. The molecule has 0 radical (unpaired) electrons. The summed E-state index contributed by atoms with van der Waals surface area (Å²) in [5.41, 5.74) is 0. The highest BCUT2D eigenvalue weighted by Gasteiger charge is 2.07. The Bertz CT molecular complexity index is 1030. The third kappa shape index (κ3) is 5.16. The van der Waals surface area contributed by atoms with Gasteiger partial charge in [0, 0.05) is 21.5 Å². The first-order chi connectivity index (χ1) is 14.7. The van der Waals surface area contributed by atoms with E-state index in [2.05, 4.69) is 16.9 Å². The molecule has 0 saturated carbocycles. The molecule has 4 aromatic rings. The van der Waals surface area contributed by atoms with E-state index in [0.717, 1.165) is 34.7 Å². The van der Waals surface area contributed by atoms with Crippen LogP contribution in [0.4, 0.5) is 4.39 Å². The molecule has 0 aliphatic heterocycles. The Labute approximate surface area is 180 Å². The van der Waals surface area contributed by atoms with Crippen LogP contribution in [0.2, 0.25) is 5.15 Å². The first-order valence-corrected chi connectivity index (χ1v) is 10.4. The van der Waals surface area contributed by atoms with Crippen molar-refractivity contribution in [2.24, 2.45) is 0 Å². The summed E-state index contributed by atoms with van der Waals surface area (Å²) in [5.74, 6) is 1.00. The molecule has 0 bridgehead atoms. The lowest BCUT2D eigenvalue weighted by Crippen LogP contribution is -1.97. The molecule has 2 aromatic heterocycles. The molecule has 0 unspecified atom stereocenters. The first-order valence-electron chi connectivity index (χ1n) is 9.97. The number of hydrogen-bond acceptors (Lipinski definition) is 4. The molecule has 0 spiro atoms. The van der Waals surface area contributed by atoms with Crippen molar-refractivity contribution >= 4 is 33.1 Å². The van der Waals surface area contributed by atoms with Gasteiger partial charge in [0.25, 0.3) is 0 Å². The highest BCUT2D eigenvalue weighted by atomic mass is 35.5. The van der Waals surface area contributed by atoms with E-state index in [9.17, 15) is 4.39 Å². The van der Waals surface area contributed by atoms with Crippen molar-refractivity contribution in [1.29, 1.82) is 0 Å². The summed E-state index contributed by atoms with van der Waals surface area (Å²) < 4.78 is 24.4. The van der Waals surface area contributed by atoms with E-state index in [-0.39, 0.29) is 0 Å². The highest BCUT2D eigenvalue weighted by Crippen LogP contribution is 2.29. The molecule has 30 heavy (non-hydrogen) atoms. The number of ether oxygens (including phenoxy) is 2. The van der Waals surface area contributed by atoms with Gasteiger partial charge in [-0.1, -0.05) is 67.9 Å². The fraction of sp³-hybridized carbons (Fsp3) is 0.250. The summed E-state index contributed by atoms with van der Waals surface area (Å²) in [6.07, 6.45) is 5.02. The maximum Gasteiger partial charge on any atom is 0.220 e. The summed E-state index contributed by atoms with van der Waals surface area (Å²) in [5, 5.41) is 3.76. The molecule has 0 fully saturated rings. The van der Waals surface area contributed by atoms with Crippen LogP contribution in [0.1, 0.15) is 26.7 Å². The van der Waals surface area contributed by atoms with Crippen molar-refractivity contribution in [2.45, 2.75) is 26.7 Å². The second kappa shape index (κ2) is 10.7. The molecular weight excluding hydrogens is 403 g/mol. The van der Waals surface area contributed by atoms with E-state index in [0.29, 0.717) is 29.5 Å². The minimum Gasteiger partial charge on any atom is -0.491 e. The normalized spacial score (nSPS) is 10.5. The molecule has 4 rings (SSSR count). The maximum atomic E-state index is 13.3. The largest absolute Gasteiger partial charge is 0.491 e. The van der Waals surface area contributed by atoms with E-state index in [1.54, 1.807) is 18.3 Å². The number of aromatic nitrogens is 2. The van der Waals surface area contributed by atoms with Crippen LogP contribution in [0.3, 0.4) is 0 Å². The standard InChI is InChI=1S/C12H12ClNO.C12H12FNO/c2*1-2-7-15-11-8-14-12(13)10-6-4-3-5-9(10)11/h2*3-6,8H,2,7H2,1H3. The Hall–Kier alpha value is -2.92. The lowest BCUT2D eigenvalue weighted by molar-refractivity contribution is 0.319. The number of halogens is 2. The predicted octanol–water partition coefficient (Wildman–Crippen LogP) is 6.84. The third-order valence-corrected chi connectivity index (χ3v) is 4.64. The second-order valence-corrected chi connectivity index (χ2v) is 6.97. The number of nitrogens with zero attached hydrogens (tertiary/aromatic N) is 2. The van der Waals surface area contributed by atoms with E-state index in [1.165, 1.54) is 6.20 Å². The van der Waals surface area contributed by atoms with Gasteiger partial charge in [-0.25, -0.2) is 9.97 Å². The van der Waals surface area contributed by atoms with Crippen molar-refractivity contribution < 1.29 is 13.9 Å². The van der Waals surface area contributed by atoms with Crippen molar-refractivity contribution in [3.63, 3.8) is 0 Å². The van der Waals surface area contributed by atoms with Crippen LogP contribution < -0.4 is 9.47 Å². The van der Waals surface area contributed by atoms with Gasteiger partial charge < -0.3 is 9.47 Å². The van der Waals surface area contributed by atoms with Crippen molar-refractivity contribution in [3.8, 4) is 11.5 Å². The van der Waals surface area contributed by atoms with Crippen LogP contribution in [0.15, 0.2) is 60.9 Å². The molecule has 4 nitrogen and oxygen atoms in total. The molecule has 0 atom stereocenters. The Kier molecular flexibility index (Phi) is 7.80. The van der Waals surface area contributed by atoms with Gasteiger partial charge in [0.05, 0.1) is 25.6 Å². The third-order valence-electron chi connectivity index (χ3n) is 4.34. The lowest BCUT2D eigenvalue weighted by atomic mass is 10.1. The van der Waals surface area contributed by atoms with E-state index >= 15 is 0 Å². The van der Waals surface area contributed by atoms with Gasteiger partial charge in [0.2, 0.25) is 5.95 Å². The van der Waals surface area contributed by atoms with Gasteiger partial charge in [-0.3, -0.25) is 0 Å². The number of pyridine rings is 2. The van der Waals surface area contributed by atoms with Gasteiger partial charge in [-0.2, -0.15) is 4.39 Å². The lowest BCUT2D eigenvalue weighted by Gasteiger charge is -2.08. The summed E-state index contributed by atoms with van der Waals surface area (Å²) in [4.78, 5) is 7.77. The maximum absolute atomic E-state index is 13.3. The molecular formula is C24H24ClFN2O2. The minimum absolute atomic E-state index is 0.450. The van der Waals surface area contributed by atoms with Crippen molar-refractivity contribution in [2.75, 3.05) is 13.2 Å². The van der Waals surface area contributed by atoms with Crippen LogP contribution in [-0.4, -0.2) is 23.2 Å². The average molecular weight is 427 g/mol. The number of hydrogen-bond donors (Lipinski definition) is 0. The zero-order chi connectivity index (χ0) is 21.3. The fourth-order valence-corrected chi connectivity index (χ4v) is 3.13. The topological polar surface area (TPSA) is 44.2 Å². The SMILES string of the molecule is CCCOc1cnc(Cl)c2ccccc12.CCCOc1cnc(F)c2ccccc12. The van der Waals surface area contributed by atoms with Crippen LogP contribution in [0.5, 0.6) is 11.5 Å². The van der Waals surface area contributed by atoms with E-state index in [4.69, 9.17) is 21.1 Å². The Morgan fingerprint density at radius 1 is 0.733 bits per heavy atom. The second-order valence-electron chi connectivity index (χ2n) is 6.61. The molecule has 2 heterocycles. The van der Waals surface area contributed by atoms with Gasteiger partial charge >= 0.3 is 0 Å². The zero-order valence-electron chi connectivity index (χ0n) is 17.1. The number of benzene rings is 2. The summed E-state index contributed by atoms with van der Waals surface area (Å²) in [6, 6.07) is 15.0. The average Bonchev–Trinajstić information content (AvgIpc) is 2.79. The van der Waals surface area contributed by atoms with Gasteiger partial charge in [-0.05, 0) is 18.9 Å². The van der Waals surface area contributed by atoms with Crippen LogP contribution >= 0.6 is 11.6 Å². The molecule has 0 saturated heterocycles. The molecule has 0 aliphatic rings. The quantitative estimate of drug-likeness (QED) is 0.316. The molecule has 0 N–H and O–H groups in total. The molecule has 6 heteroatoms. The number of rotatable bonds is 6. The smallest absolute Gasteiger partial charge is 0.220 e. The van der Waals surface area contributed by atoms with Crippen molar-refractivity contribution in [1.82, 2.24) is 9.97 Å². The van der Waals surface area contributed by atoms with Gasteiger partial charge in [0.1, 0.15) is 16.7 Å². The Balaban J connectivity index is 0.000000171. The fourth-order valence-electron chi connectivity index (χ4n) is 2.92. The summed E-state index contributed by atoms with van der Waals surface area (Å²) in [7, 11) is 0. The first kappa shape index (κ1) is 21.8. The molecule has 2 aromatic carbocycles. The van der Waals surface area contributed by atoms with Crippen LogP contribution in [-0.2, 0) is 0 Å². The molecule has 156 valence electrons. The van der Waals surface area contributed by atoms with Gasteiger partial charge in [0.15, 0.2) is 0 Å². The summed E-state index contributed by atoms with van der Waals surface area (Å²) in [6.45, 7) is 5.43.